The highest BCUT2D eigenvalue weighted by atomic mass is 19.1. The van der Waals surface area contributed by atoms with Gasteiger partial charge in [-0.3, -0.25) is 0 Å². The maximum absolute atomic E-state index is 13.1. The molecular weight excluding hydrogens is 265 g/mol. The summed E-state index contributed by atoms with van der Waals surface area (Å²) >= 11 is 0. The number of rotatable bonds is 3. The van der Waals surface area contributed by atoms with E-state index in [0.29, 0.717) is 0 Å². The molecule has 1 aliphatic carbocycles. The van der Waals surface area contributed by atoms with Gasteiger partial charge < -0.3 is 10.4 Å². The van der Waals surface area contributed by atoms with Crippen molar-refractivity contribution in [3.05, 3.63) is 65.5 Å². The van der Waals surface area contributed by atoms with Gasteiger partial charge in [0.25, 0.3) is 0 Å². The van der Waals surface area contributed by atoms with Crippen molar-refractivity contribution in [2.75, 3.05) is 11.9 Å². The predicted octanol–water partition coefficient (Wildman–Crippen LogP) is 3.85. The van der Waals surface area contributed by atoms with E-state index in [4.69, 9.17) is 0 Å². The second-order valence-corrected chi connectivity index (χ2v) is 5.74. The number of hydrogen-bond acceptors (Lipinski definition) is 2. The van der Waals surface area contributed by atoms with Crippen molar-refractivity contribution in [2.24, 2.45) is 0 Å². The standard InChI is InChI=1S/C18H20FNO/c19-15-8-10-16(11-9-15)20-18(13-21)12-4-3-6-14-5-1-2-7-17(14)18/h1-2,5,7-11,20-21H,3-4,6,12-13H2. The molecule has 2 N–H and O–H groups in total. The van der Waals surface area contributed by atoms with Crippen LogP contribution in [-0.4, -0.2) is 11.7 Å². The van der Waals surface area contributed by atoms with Crippen LogP contribution in [0.3, 0.4) is 0 Å². The Labute approximate surface area is 124 Å². The zero-order valence-electron chi connectivity index (χ0n) is 12.0. The molecule has 21 heavy (non-hydrogen) atoms. The number of aliphatic hydroxyl groups is 1. The average molecular weight is 285 g/mol. The van der Waals surface area contributed by atoms with Crippen LogP contribution >= 0.6 is 0 Å². The summed E-state index contributed by atoms with van der Waals surface area (Å²) in [6, 6.07) is 14.6. The molecule has 0 radical (unpaired) electrons. The van der Waals surface area contributed by atoms with Crippen molar-refractivity contribution in [3.63, 3.8) is 0 Å². The van der Waals surface area contributed by atoms with Crippen LogP contribution in [0.25, 0.3) is 0 Å². The maximum atomic E-state index is 13.1. The number of aryl methyl sites for hydroxylation is 1. The van der Waals surface area contributed by atoms with Gasteiger partial charge in [0.1, 0.15) is 5.82 Å². The van der Waals surface area contributed by atoms with Gasteiger partial charge in [-0.05, 0) is 54.7 Å². The molecule has 1 atom stereocenters. The summed E-state index contributed by atoms with van der Waals surface area (Å²) in [5.41, 5.74) is 2.81. The monoisotopic (exact) mass is 285 g/mol. The van der Waals surface area contributed by atoms with Crippen LogP contribution in [0.2, 0.25) is 0 Å². The summed E-state index contributed by atoms with van der Waals surface area (Å²) in [6.07, 6.45) is 4.11. The van der Waals surface area contributed by atoms with Gasteiger partial charge in [0.05, 0.1) is 12.1 Å². The van der Waals surface area contributed by atoms with Crippen LogP contribution in [0.4, 0.5) is 10.1 Å². The molecule has 0 saturated heterocycles. The summed E-state index contributed by atoms with van der Waals surface area (Å²) in [7, 11) is 0. The first-order valence-corrected chi connectivity index (χ1v) is 7.46. The van der Waals surface area contributed by atoms with E-state index in [2.05, 4.69) is 17.4 Å². The second kappa shape index (κ2) is 5.86. The maximum Gasteiger partial charge on any atom is 0.123 e. The fourth-order valence-corrected chi connectivity index (χ4v) is 3.23. The number of fused-ring (bicyclic) bond motifs is 1. The topological polar surface area (TPSA) is 32.3 Å². The Hall–Kier alpha value is -1.87. The minimum absolute atomic E-state index is 0.0292. The van der Waals surface area contributed by atoms with Crippen LogP contribution in [0.1, 0.15) is 30.4 Å². The Balaban J connectivity index is 2.00. The SMILES string of the molecule is OCC1(Nc2ccc(F)cc2)CCCCc2ccccc21. The first kappa shape index (κ1) is 14.1. The minimum atomic E-state index is -0.481. The molecule has 1 unspecified atom stereocenters. The second-order valence-electron chi connectivity index (χ2n) is 5.74. The third-order valence-electron chi connectivity index (χ3n) is 4.33. The Morgan fingerprint density at radius 1 is 1.05 bits per heavy atom. The molecule has 3 rings (SSSR count). The highest BCUT2D eigenvalue weighted by Gasteiger charge is 2.34. The summed E-state index contributed by atoms with van der Waals surface area (Å²) in [5, 5.41) is 13.5. The molecule has 0 saturated carbocycles. The summed E-state index contributed by atoms with van der Waals surface area (Å²) in [6.45, 7) is 0.0292. The number of hydrogen-bond donors (Lipinski definition) is 2. The van der Waals surface area contributed by atoms with Crippen LogP contribution in [0.15, 0.2) is 48.5 Å². The van der Waals surface area contributed by atoms with E-state index in [0.717, 1.165) is 36.9 Å². The number of aliphatic hydroxyl groups excluding tert-OH is 1. The lowest BCUT2D eigenvalue weighted by Gasteiger charge is -2.35. The normalized spacial score (nSPS) is 21.4. The third kappa shape index (κ3) is 2.79. The fraction of sp³-hybridized carbons (Fsp3) is 0.333. The van der Waals surface area contributed by atoms with Crippen LogP contribution in [-0.2, 0) is 12.0 Å². The van der Waals surface area contributed by atoms with Gasteiger partial charge in [-0.15, -0.1) is 0 Å². The third-order valence-corrected chi connectivity index (χ3v) is 4.33. The lowest BCUT2D eigenvalue weighted by atomic mass is 9.84. The Morgan fingerprint density at radius 3 is 2.57 bits per heavy atom. The van der Waals surface area contributed by atoms with Gasteiger partial charge in [-0.1, -0.05) is 30.7 Å². The smallest absolute Gasteiger partial charge is 0.123 e. The minimum Gasteiger partial charge on any atom is -0.394 e. The van der Waals surface area contributed by atoms with Crippen LogP contribution in [0, 0.1) is 5.82 Å². The van der Waals surface area contributed by atoms with Crippen molar-refractivity contribution >= 4 is 5.69 Å². The van der Waals surface area contributed by atoms with Crippen molar-refractivity contribution in [1.82, 2.24) is 0 Å². The molecule has 0 aromatic heterocycles. The molecule has 2 nitrogen and oxygen atoms in total. The van der Waals surface area contributed by atoms with Crippen LogP contribution < -0.4 is 5.32 Å². The van der Waals surface area contributed by atoms with E-state index in [9.17, 15) is 9.50 Å². The van der Waals surface area contributed by atoms with Gasteiger partial charge in [0.15, 0.2) is 0 Å². The van der Waals surface area contributed by atoms with E-state index in [1.54, 1.807) is 12.1 Å². The number of nitrogens with one attached hydrogen (secondary N) is 1. The van der Waals surface area contributed by atoms with Gasteiger partial charge in [-0.25, -0.2) is 4.39 Å². The number of anilines is 1. The number of benzene rings is 2. The lowest BCUT2D eigenvalue weighted by Crippen LogP contribution is -2.39. The quantitative estimate of drug-likeness (QED) is 0.840. The fourth-order valence-electron chi connectivity index (χ4n) is 3.23. The first-order valence-electron chi connectivity index (χ1n) is 7.46. The van der Waals surface area contributed by atoms with E-state index in [1.807, 2.05) is 12.1 Å². The molecule has 0 aliphatic heterocycles. The molecular formula is C18H20FNO. The summed E-state index contributed by atoms with van der Waals surface area (Å²) < 4.78 is 13.1. The zero-order valence-corrected chi connectivity index (χ0v) is 12.0. The van der Waals surface area contributed by atoms with Gasteiger partial charge in [-0.2, -0.15) is 0 Å². The highest BCUT2D eigenvalue weighted by molar-refractivity contribution is 5.50. The lowest BCUT2D eigenvalue weighted by molar-refractivity contribution is 0.202. The molecule has 1 aliphatic rings. The molecule has 0 amide bonds. The van der Waals surface area contributed by atoms with Crippen molar-refractivity contribution in [1.29, 1.82) is 0 Å². The molecule has 2 aromatic carbocycles. The Morgan fingerprint density at radius 2 is 1.81 bits per heavy atom. The molecule has 0 spiro atoms. The van der Waals surface area contributed by atoms with E-state index >= 15 is 0 Å². The van der Waals surface area contributed by atoms with Gasteiger partial charge in [0.2, 0.25) is 0 Å². The van der Waals surface area contributed by atoms with Crippen molar-refractivity contribution in [2.45, 2.75) is 31.2 Å². The molecule has 0 heterocycles. The van der Waals surface area contributed by atoms with E-state index in [-0.39, 0.29) is 12.4 Å². The zero-order chi connectivity index (χ0) is 14.7. The first-order chi connectivity index (χ1) is 10.2. The molecule has 110 valence electrons. The Kier molecular flexibility index (Phi) is 3.93. The summed E-state index contributed by atoms with van der Waals surface area (Å²) in [4.78, 5) is 0. The summed E-state index contributed by atoms with van der Waals surface area (Å²) in [5.74, 6) is -0.250. The Bertz CT molecular complexity index is 611. The highest BCUT2D eigenvalue weighted by Crippen LogP contribution is 2.36. The average Bonchev–Trinajstić information content (AvgIpc) is 2.70. The molecule has 2 aromatic rings. The largest absolute Gasteiger partial charge is 0.394 e. The number of halogens is 1. The van der Waals surface area contributed by atoms with E-state index < -0.39 is 5.54 Å². The van der Waals surface area contributed by atoms with Gasteiger partial charge >= 0.3 is 0 Å². The van der Waals surface area contributed by atoms with E-state index in [1.165, 1.54) is 17.7 Å². The molecule has 3 heteroatoms. The molecule has 0 bridgehead atoms. The molecule has 0 fully saturated rings. The van der Waals surface area contributed by atoms with Crippen molar-refractivity contribution < 1.29 is 9.50 Å². The van der Waals surface area contributed by atoms with Gasteiger partial charge in [0, 0.05) is 5.69 Å². The van der Waals surface area contributed by atoms with Crippen LogP contribution in [0.5, 0.6) is 0 Å². The predicted molar refractivity (Wildman–Crippen MR) is 82.8 cm³/mol. The van der Waals surface area contributed by atoms with Crippen molar-refractivity contribution in [3.8, 4) is 0 Å².